The van der Waals surface area contributed by atoms with Gasteiger partial charge in [0.15, 0.2) is 11.6 Å². The highest BCUT2D eigenvalue weighted by Gasteiger charge is 2.33. The Hall–Kier alpha value is -1.74. The Morgan fingerprint density at radius 1 is 0.969 bits per heavy atom. The van der Waals surface area contributed by atoms with Crippen LogP contribution in [0.2, 0.25) is 0 Å². The van der Waals surface area contributed by atoms with Gasteiger partial charge in [-0.3, -0.25) is 9.13 Å². The number of hydrogen-bond donors (Lipinski definition) is 0. The molecule has 6 nitrogen and oxygen atoms in total. The lowest BCUT2D eigenvalue weighted by atomic mass is 9.75. The van der Waals surface area contributed by atoms with Crippen molar-refractivity contribution >= 4 is 20.9 Å². The zero-order valence-electron chi connectivity index (χ0n) is 19.1. The summed E-state index contributed by atoms with van der Waals surface area (Å²) in [5.74, 6) is -2.28. The zero-order chi connectivity index (χ0) is 23.3. The predicted octanol–water partition coefficient (Wildman–Crippen LogP) is 3.73. The summed E-state index contributed by atoms with van der Waals surface area (Å²) in [6.45, 7) is 6.29. The summed E-state index contributed by atoms with van der Waals surface area (Å²) >= 11 is 0. The first-order valence-corrected chi connectivity index (χ1v) is 13.5. The van der Waals surface area contributed by atoms with Crippen LogP contribution in [0.15, 0.2) is 16.9 Å². The van der Waals surface area contributed by atoms with Crippen LogP contribution < -0.4 is 5.69 Å². The Morgan fingerprint density at radius 2 is 1.53 bits per heavy atom. The fourth-order valence-electron chi connectivity index (χ4n) is 5.36. The van der Waals surface area contributed by atoms with Crippen LogP contribution in [0.3, 0.4) is 0 Å². The van der Waals surface area contributed by atoms with E-state index in [1.807, 2.05) is 0 Å². The van der Waals surface area contributed by atoms with Gasteiger partial charge in [-0.2, -0.15) is 0 Å². The number of nitrogens with zero attached hydrogens (tertiary/aromatic N) is 3. The van der Waals surface area contributed by atoms with Gasteiger partial charge in [0.2, 0.25) is 0 Å². The lowest BCUT2D eigenvalue weighted by Crippen LogP contribution is -2.45. The standard InChI is InChI=1S/C23H33F2N3O3S/c1-23(2)8-4-16(5-9-23)26-10-6-17(7-11-26)28-21-15-19(25)18(24)14-20(21)27(22(28)29)12-13-32(3,30)31/h14-17H,4-13H2,1-3H3. The number of aryl methyl sites for hydroxylation is 1. The lowest BCUT2D eigenvalue weighted by Gasteiger charge is -2.43. The summed E-state index contributed by atoms with van der Waals surface area (Å²) < 4.78 is 54.2. The van der Waals surface area contributed by atoms with Crippen LogP contribution in [0.1, 0.15) is 58.4 Å². The van der Waals surface area contributed by atoms with Crippen LogP contribution in [-0.4, -0.2) is 53.6 Å². The molecule has 1 saturated carbocycles. The van der Waals surface area contributed by atoms with Crippen molar-refractivity contribution in [2.24, 2.45) is 5.41 Å². The minimum atomic E-state index is -3.31. The highest BCUT2D eigenvalue weighted by molar-refractivity contribution is 7.90. The molecule has 1 aromatic carbocycles. The fourth-order valence-corrected chi connectivity index (χ4v) is 5.87. The molecule has 9 heteroatoms. The Bertz CT molecular complexity index is 1150. The highest BCUT2D eigenvalue weighted by atomic mass is 32.2. The maximum Gasteiger partial charge on any atom is 0.329 e. The maximum absolute atomic E-state index is 14.1. The Balaban J connectivity index is 1.58. The van der Waals surface area contributed by atoms with Crippen molar-refractivity contribution in [3.05, 3.63) is 34.3 Å². The van der Waals surface area contributed by atoms with Gasteiger partial charge in [0.1, 0.15) is 9.84 Å². The molecular weight excluding hydrogens is 436 g/mol. The van der Waals surface area contributed by atoms with E-state index >= 15 is 0 Å². The molecule has 32 heavy (non-hydrogen) atoms. The number of benzene rings is 1. The van der Waals surface area contributed by atoms with E-state index in [9.17, 15) is 22.0 Å². The molecule has 1 saturated heterocycles. The minimum Gasteiger partial charge on any atom is -0.300 e. The average molecular weight is 470 g/mol. The number of piperidine rings is 1. The maximum atomic E-state index is 14.1. The molecule has 2 aromatic rings. The first-order chi connectivity index (χ1) is 15.0. The van der Waals surface area contributed by atoms with Crippen molar-refractivity contribution in [2.75, 3.05) is 25.1 Å². The van der Waals surface area contributed by atoms with Crippen molar-refractivity contribution in [3.8, 4) is 0 Å². The van der Waals surface area contributed by atoms with Crippen molar-refractivity contribution in [2.45, 2.75) is 71.0 Å². The SMILES string of the molecule is CC1(C)CCC(N2CCC(n3c(=O)n(CCS(C)(=O)=O)c4cc(F)c(F)cc43)CC2)CC1. The number of fused-ring (bicyclic) bond motifs is 1. The summed E-state index contributed by atoms with van der Waals surface area (Å²) in [6, 6.07) is 2.52. The van der Waals surface area contributed by atoms with Crippen molar-refractivity contribution in [1.82, 2.24) is 14.0 Å². The Morgan fingerprint density at radius 3 is 2.09 bits per heavy atom. The Labute approximate surface area is 188 Å². The van der Waals surface area contributed by atoms with Gasteiger partial charge in [-0.05, 0) is 43.9 Å². The van der Waals surface area contributed by atoms with E-state index < -0.39 is 27.2 Å². The Kier molecular flexibility index (Phi) is 6.26. The van der Waals surface area contributed by atoms with Crippen LogP contribution in [0.25, 0.3) is 11.0 Å². The van der Waals surface area contributed by atoms with Gasteiger partial charge in [-0.1, -0.05) is 13.8 Å². The van der Waals surface area contributed by atoms with Gasteiger partial charge in [0, 0.05) is 50.1 Å². The van der Waals surface area contributed by atoms with Gasteiger partial charge >= 0.3 is 5.69 Å². The van der Waals surface area contributed by atoms with Crippen molar-refractivity contribution < 1.29 is 17.2 Å². The minimum absolute atomic E-state index is 0.0804. The first kappa shape index (κ1) is 23.4. The summed E-state index contributed by atoms with van der Waals surface area (Å²) in [6.07, 6.45) is 7.42. The molecular formula is C23H33F2N3O3S. The molecule has 2 fully saturated rings. The van der Waals surface area contributed by atoms with Gasteiger partial charge in [0.25, 0.3) is 0 Å². The third-order valence-corrected chi connectivity index (χ3v) is 8.30. The number of aromatic nitrogens is 2. The second-order valence-electron chi connectivity index (χ2n) is 10.4. The molecule has 178 valence electrons. The normalized spacial score (nSPS) is 21.4. The molecule has 0 radical (unpaired) electrons. The molecule has 0 amide bonds. The van der Waals surface area contributed by atoms with Crippen LogP contribution in [0.5, 0.6) is 0 Å². The van der Waals surface area contributed by atoms with E-state index in [0.29, 0.717) is 17.0 Å². The van der Waals surface area contributed by atoms with Crippen LogP contribution in [0.4, 0.5) is 8.78 Å². The molecule has 0 unspecified atom stereocenters. The first-order valence-electron chi connectivity index (χ1n) is 11.5. The number of imidazole rings is 1. The summed E-state index contributed by atoms with van der Waals surface area (Å²) in [7, 11) is -3.31. The summed E-state index contributed by atoms with van der Waals surface area (Å²) in [5.41, 5.74) is 0.594. The monoisotopic (exact) mass is 469 g/mol. The lowest BCUT2D eigenvalue weighted by molar-refractivity contribution is 0.0774. The van der Waals surface area contributed by atoms with E-state index in [2.05, 4.69) is 18.7 Å². The van der Waals surface area contributed by atoms with Gasteiger partial charge in [-0.15, -0.1) is 0 Å². The molecule has 4 rings (SSSR count). The summed E-state index contributed by atoms with van der Waals surface area (Å²) in [4.78, 5) is 15.8. The largest absolute Gasteiger partial charge is 0.329 e. The second-order valence-corrected chi connectivity index (χ2v) is 12.6. The van der Waals surface area contributed by atoms with E-state index in [0.717, 1.165) is 44.3 Å². The fraction of sp³-hybridized carbons (Fsp3) is 0.696. The number of hydrogen-bond acceptors (Lipinski definition) is 4. The van der Waals surface area contributed by atoms with Crippen LogP contribution in [-0.2, 0) is 16.4 Å². The van der Waals surface area contributed by atoms with Gasteiger partial charge < -0.3 is 4.90 Å². The molecule has 0 N–H and O–H groups in total. The second kappa shape index (κ2) is 8.56. The topological polar surface area (TPSA) is 64.3 Å². The molecule has 2 aliphatic rings. The third kappa shape index (κ3) is 4.78. The smallest absolute Gasteiger partial charge is 0.300 e. The molecule has 0 bridgehead atoms. The van der Waals surface area contributed by atoms with Crippen LogP contribution >= 0.6 is 0 Å². The van der Waals surface area contributed by atoms with Gasteiger partial charge in [-0.25, -0.2) is 22.0 Å². The predicted molar refractivity (Wildman–Crippen MR) is 122 cm³/mol. The van der Waals surface area contributed by atoms with Crippen LogP contribution in [0, 0.1) is 17.0 Å². The van der Waals surface area contributed by atoms with E-state index in [4.69, 9.17) is 0 Å². The van der Waals surface area contributed by atoms with Gasteiger partial charge in [0.05, 0.1) is 16.8 Å². The van der Waals surface area contributed by atoms with E-state index in [1.165, 1.54) is 30.3 Å². The molecule has 0 atom stereocenters. The third-order valence-electron chi connectivity index (χ3n) is 7.38. The molecule has 0 spiro atoms. The quantitative estimate of drug-likeness (QED) is 0.669. The van der Waals surface area contributed by atoms with Crippen molar-refractivity contribution in [3.63, 3.8) is 0 Å². The highest BCUT2D eigenvalue weighted by Crippen LogP contribution is 2.38. The summed E-state index contributed by atoms with van der Waals surface area (Å²) in [5, 5.41) is 0. The average Bonchev–Trinajstić information content (AvgIpc) is 2.97. The molecule has 1 aliphatic carbocycles. The zero-order valence-corrected chi connectivity index (χ0v) is 19.9. The number of sulfone groups is 1. The van der Waals surface area contributed by atoms with E-state index in [1.54, 1.807) is 4.57 Å². The van der Waals surface area contributed by atoms with Crippen molar-refractivity contribution in [1.29, 1.82) is 0 Å². The molecule has 1 aromatic heterocycles. The number of likely N-dealkylation sites (tertiary alicyclic amines) is 1. The molecule has 2 heterocycles. The molecule has 1 aliphatic heterocycles. The number of halogens is 2. The number of rotatable bonds is 5. The van der Waals surface area contributed by atoms with E-state index in [-0.39, 0.29) is 23.9 Å².